The Labute approximate surface area is 180 Å². The summed E-state index contributed by atoms with van der Waals surface area (Å²) in [4.78, 5) is 0. The molecule has 0 aromatic heterocycles. The zero-order chi connectivity index (χ0) is 21.4. The van der Waals surface area contributed by atoms with Gasteiger partial charge in [0.25, 0.3) is 0 Å². The predicted molar refractivity (Wildman–Crippen MR) is 128 cm³/mol. The first kappa shape index (κ1) is 21.8. The van der Waals surface area contributed by atoms with Crippen molar-refractivity contribution in [3.63, 3.8) is 0 Å². The topological polar surface area (TPSA) is 21.7 Å². The van der Waals surface area contributed by atoms with Crippen LogP contribution in [0.5, 0.6) is 0 Å². The number of rotatable bonds is 5. The summed E-state index contributed by atoms with van der Waals surface area (Å²) in [5.74, 6) is 1.57. The molecule has 0 spiro atoms. The van der Waals surface area contributed by atoms with Crippen molar-refractivity contribution in [3.8, 4) is 0 Å². The lowest BCUT2D eigenvalue weighted by Gasteiger charge is -2.64. The van der Waals surface area contributed by atoms with Gasteiger partial charge in [0.05, 0.1) is 17.6 Å². The molecular weight excluding hydrogens is 389 g/mol. The van der Waals surface area contributed by atoms with Gasteiger partial charge in [0.15, 0.2) is 0 Å². The molecule has 3 saturated carbocycles. The van der Waals surface area contributed by atoms with E-state index in [4.69, 9.17) is 9.31 Å². The molecule has 3 nitrogen and oxygen atoms in total. The van der Waals surface area contributed by atoms with E-state index in [1.807, 2.05) is 0 Å². The minimum absolute atomic E-state index is 0.152. The van der Waals surface area contributed by atoms with Crippen LogP contribution in [0.2, 0.25) is 39.3 Å². The second kappa shape index (κ2) is 6.80. The lowest BCUT2D eigenvalue weighted by molar-refractivity contribution is -0.199. The third kappa shape index (κ3) is 3.43. The number of benzene rings is 1. The Morgan fingerprint density at radius 3 is 2.07 bits per heavy atom. The summed E-state index contributed by atoms with van der Waals surface area (Å²) in [7, 11) is -3.40. The van der Waals surface area contributed by atoms with Crippen LogP contribution < -0.4 is 0 Å². The van der Waals surface area contributed by atoms with Crippen LogP contribution in [0.25, 0.3) is 0 Å². The molecule has 4 fully saturated rings. The predicted octanol–water partition coefficient (Wildman–Crippen LogP) is 5.97. The molecule has 0 amide bonds. The summed E-state index contributed by atoms with van der Waals surface area (Å²) in [6.07, 6.45) is 2.69. The van der Waals surface area contributed by atoms with Crippen molar-refractivity contribution in [2.24, 2.45) is 17.3 Å². The van der Waals surface area contributed by atoms with Crippen LogP contribution in [-0.2, 0) is 9.31 Å². The molecule has 3 unspecified atom stereocenters. The smallest absolute Gasteiger partial charge is 0.404 e. The van der Waals surface area contributed by atoms with Crippen molar-refractivity contribution in [1.82, 2.24) is 4.23 Å². The Kier molecular flexibility index (Phi) is 5.11. The van der Waals surface area contributed by atoms with Gasteiger partial charge in [-0.25, -0.2) is 0 Å². The summed E-state index contributed by atoms with van der Waals surface area (Å²) < 4.78 is 16.7. The molecule has 4 aliphatic rings. The minimum Gasteiger partial charge on any atom is -0.404 e. The molecule has 1 saturated heterocycles. The first-order valence-electron chi connectivity index (χ1n) is 11.4. The van der Waals surface area contributed by atoms with E-state index in [1.54, 1.807) is 0 Å². The van der Waals surface area contributed by atoms with Gasteiger partial charge in [-0.1, -0.05) is 83.5 Å². The maximum atomic E-state index is 7.01. The molecule has 29 heavy (non-hydrogen) atoms. The van der Waals surface area contributed by atoms with Crippen LogP contribution in [0.1, 0.15) is 45.1 Å². The van der Waals surface area contributed by atoms with E-state index in [0.717, 1.165) is 12.3 Å². The van der Waals surface area contributed by atoms with Gasteiger partial charge < -0.3 is 13.5 Å². The fraction of sp³-hybridized carbons (Fsp3) is 0.739. The summed E-state index contributed by atoms with van der Waals surface area (Å²) in [5.41, 5.74) is 1.57. The summed E-state index contributed by atoms with van der Waals surface area (Å²) >= 11 is 0. The Hall–Kier alpha value is -0.401. The fourth-order valence-electron chi connectivity index (χ4n) is 6.95. The highest BCUT2D eigenvalue weighted by Crippen LogP contribution is 2.66. The summed E-state index contributed by atoms with van der Waals surface area (Å²) in [6.45, 7) is 22.1. The Bertz CT molecular complexity index is 746. The van der Waals surface area contributed by atoms with Gasteiger partial charge in [-0.05, 0) is 42.6 Å². The van der Waals surface area contributed by atoms with Crippen LogP contribution in [0.15, 0.2) is 30.3 Å². The number of hydrogen-bond donors (Lipinski definition) is 0. The average Bonchev–Trinajstić information content (AvgIpc) is 2.94. The highest BCUT2D eigenvalue weighted by molar-refractivity contribution is 6.90. The largest absolute Gasteiger partial charge is 0.479 e. The number of hydrogen-bond acceptors (Lipinski definition) is 3. The molecule has 5 atom stereocenters. The second-order valence-electron chi connectivity index (χ2n) is 12.4. The first-order chi connectivity index (χ1) is 13.3. The third-order valence-electron chi connectivity index (χ3n) is 8.09. The molecule has 0 N–H and O–H groups in total. The monoisotopic (exact) mass is 429 g/mol. The van der Waals surface area contributed by atoms with Crippen molar-refractivity contribution in [2.75, 3.05) is 0 Å². The summed E-state index contributed by atoms with van der Waals surface area (Å²) in [5, 5.41) is 0. The van der Waals surface area contributed by atoms with Gasteiger partial charge in [-0.15, -0.1) is 0 Å². The van der Waals surface area contributed by atoms with Gasteiger partial charge in [-0.2, -0.15) is 0 Å². The molecule has 3 aliphatic carbocycles. The van der Waals surface area contributed by atoms with Crippen molar-refractivity contribution in [2.45, 2.75) is 90.5 Å². The van der Waals surface area contributed by atoms with Crippen molar-refractivity contribution in [3.05, 3.63) is 35.9 Å². The van der Waals surface area contributed by atoms with Gasteiger partial charge in [0.1, 0.15) is 16.5 Å². The second-order valence-corrected chi connectivity index (χ2v) is 22.5. The molecule has 5 rings (SSSR count). The average molecular weight is 430 g/mol. The van der Waals surface area contributed by atoms with Crippen LogP contribution in [0.4, 0.5) is 0 Å². The zero-order valence-corrected chi connectivity index (χ0v) is 22.0. The molecule has 160 valence electrons. The van der Waals surface area contributed by atoms with Crippen LogP contribution >= 0.6 is 0 Å². The Morgan fingerprint density at radius 2 is 1.55 bits per heavy atom. The van der Waals surface area contributed by atoms with E-state index in [1.165, 1.54) is 12.0 Å². The van der Waals surface area contributed by atoms with E-state index >= 15 is 0 Å². The Morgan fingerprint density at radius 1 is 0.966 bits per heavy atom. The van der Waals surface area contributed by atoms with E-state index in [-0.39, 0.29) is 24.8 Å². The molecular formula is C23H40BNO2Si2. The van der Waals surface area contributed by atoms with Gasteiger partial charge in [-0.3, -0.25) is 0 Å². The van der Waals surface area contributed by atoms with Crippen LogP contribution in [-0.4, -0.2) is 39.5 Å². The van der Waals surface area contributed by atoms with Gasteiger partial charge in [0, 0.05) is 0 Å². The lowest BCUT2D eigenvalue weighted by atomic mass is 9.43. The van der Waals surface area contributed by atoms with Crippen LogP contribution in [0.3, 0.4) is 0 Å². The zero-order valence-electron chi connectivity index (χ0n) is 20.0. The molecule has 0 radical (unpaired) electrons. The SMILES string of the molecule is CC1(C)C2CC3OB([C@@H](c4ccccc4)N([Si](C)(C)C)[Si](C)(C)C)O[C@]3(C)C1C2. The standard InChI is InChI=1S/C23H40BNO2Si2/c1-22(2)18-15-19(22)23(3)20(16-18)26-24(27-23)21(17-13-11-10-12-14-17)25(28(4,5)6)29(7,8)9/h10-14,18-21H,15-16H2,1-9H3/t18?,19?,20?,21-,23-/m1/s1. The Balaban J connectivity index is 1.74. The lowest BCUT2D eigenvalue weighted by Crippen LogP contribution is -2.65. The normalized spacial score (nSPS) is 34.7. The van der Waals surface area contributed by atoms with Crippen molar-refractivity contribution < 1.29 is 9.31 Å². The van der Waals surface area contributed by atoms with E-state index in [2.05, 4.69) is 94.6 Å². The van der Waals surface area contributed by atoms with Crippen molar-refractivity contribution >= 4 is 23.6 Å². The highest BCUT2D eigenvalue weighted by atomic mass is 28.4. The molecule has 1 aromatic carbocycles. The molecule has 6 heteroatoms. The van der Waals surface area contributed by atoms with E-state index in [9.17, 15) is 0 Å². The maximum absolute atomic E-state index is 7.01. The molecule has 2 bridgehead atoms. The van der Waals surface area contributed by atoms with E-state index < -0.39 is 16.5 Å². The summed E-state index contributed by atoms with van der Waals surface area (Å²) in [6, 6.07) is 11.0. The van der Waals surface area contributed by atoms with Crippen LogP contribution in [0, 0.1) is 17.3 Å². The minimum atomic E-state index is -1.61. The first-order valence-corrected chi connectivity index (χ1v) is 18.3. The van der Waals surface area contributed by atoms with Gasteiger partial charge in [0.2, 0.25) is 0 Å². The molecule has 1 aromatic rings. The highest BCUT2D eigenvalue weighted by Gasteiger charge is 2.69. The fourth-order valence-corrected chi connectivity index (χ4v) is 17.2. The molecule has 1 aliphatic heterocycles. The van der Waals surface area contributed by atoms with E-state index in [0.29, 0.717) is 11.3 Å². The maximum Gasteiger partial charge on any atom is 0.479 e. The quantitative estimate of drug-likeness (QED) is 0.539. The molecule has 1 heterocycles. The van der Waals surface area contributed by atoms with Crippen molar-refractivity contribution in [1.29, 1.82) is 0 Å². The number of nitrogens with zero attached hydrogens (tertiary/aromatic N) is 1. The van der Waals surface area contributed by atoms with Gasteiger partial charge >= 0.3 is 7.12 Å². The third-order valence-corrected chi connectivity index (χ3v) is 15.6.